The number of nitrogens with zero attached hydrogens (tertiary/aromatic N) is 4. The number of carbonyl (C=O) groups excluding carboxylic acids is 1. The molecule has 0 unspecified atom stereocenters. The normalized spacial score (nSPS) is 14.7. The molecule has 5 nitrogen and oxygen atoms in total. The summed E-state index contributed by atoms with van der Waals surface area (Å²) in [6.45, 7) is 0.952. The molecule has 19 heavy (non-hydrogen) atoms. The Labute approximate surface area is 115 Å². The Bertz CT molecular complexity index is 596. The Morgan fingerprint density at radius 2 is 2.21 bits per heavy atom. The number of rotatable bonds is 3. The molecule has 2 aromatic heterocycles. The molecular weight excluding hydrogens is 260 g/mol. The topological polar surface area (TPSA) is 60.7 Å². The van der Waals surface area contributed by atoms with Crippen LogP contribution in [-0.4, -0.2) is 26.0 Å². The molecule has 0 N–H and O–H groups in total. The van der Waals surface area contributed by atoms with Crippen molar-refractivity contribution < 1.29 is 4.79 Å². The third-order valence-corrected chi connectivity index (χ3v) is 4.21. The molecule has 0 aliphatic carbocycles. The number of fused-ring (bicyclic) bond motifs is 1. The third kappa shape index (κ3) is 2.53. The maximum absolute atomic E-state index is 11.0. The Morgan fingerprint density at radius 3 is 3.11 bits per heavy atom. The molecule has 0 radical (unpaired) electrons. The second-order valence-corrected chi connectivity index (χ2v) is 5.43. The molecule has 3 heterocycles. The molecule has 0 saturated heterocycles. The van der Waals surface area contributed by atoms with E-state index in [1.165, 1.54) is 24.6 Å². The van der Waals surface area contributed by atoms with Crippen molar-refractivity contribution in [2.75, 3.05) is 0 Å². The van der Waals surface area contributed by atoms with Crippen molar-refractivity contribution in [1.29, 1.82) is 0 Å². The molecule has 0 atom stereocenters. The number of pyridine rings is 1. The Hall–Kier alpha value is -1.69. The number of hydrogen-bond donors (Lipinski definition) is 0. The summed E-state index contributed by atoms with van der Waals surface area (Å²) in [4.78, 5) is 15.3. The summed E-state index contributed by atoms with van der Waals surface area (Å²) in [6.07, 6.45) is 7.06. The highest BCUT2D eigenvalue weighted by Crippen LogP contribution is 2.28. The fourth-order valence-corrected chi connectivity index (χ4v) is 3.11. The molecule has 98 valence electrons. The second kappa shape index (κ2) is 5.52. The molecule has 0 saturated carbocycles. The molecular formula is C13H14N4OS. The Balaban J connectivity index is 1.91. The van der Waals surface area contributed by atoms with Gasteiger partial charge in [0.25, 0.3) is 0 Å². The summed E-state index contributed by atoms with van der Waals surface area (Å²) in [6, 6.07) is 3.53. The van der Waals surface area contributed by atoms with E-state index in [0.29, 0.717) is 10.6 Å². The molecule has 0 fully saturated rings. The van der Waals surface area contributed by atoms with Crippen molar-refractivity contribution in [2.24, 2.45) is 0 Å². The summed E-state index contributed by atoms with van der Waals surface area (Å²) in [5, 5.41) is 10.00. The quantitative estimate of drug-likeness (QED) is 0.804. The van der Waals surface area contributed by atoms with Gasteiger partial charge in [0.1, 0.15) is 10.9 Å². The second-order valence-electron chi connectivity index (χ2n) is 4.48. The smallest absolute Gasteiger partial charge is 0.197 e. The molecule has 0 bridgehead atoms. The van der Waals surface area contributed by atoms with Crippen LogP contribution in [-0.2, 0) is 13.0 Å². The van der Waals surface area contributed by atoms with Crippen LogP contribution in [0.2, 0.25) is 0 Å². The monoisotopic (exact) mass is 274 g/mol. The van der Waals surface area contributed by atoms with Crippen LogP contribution in [0, 0.1) is 0 Å². The van der Waals surface area contributed by atoms with Gasteiger partial charge >= 0.3 is 0 Å². The lowest BCUT2D eigenvalue weighted by Crippen LogP contribution is -2.02. The van der Waals surface area contributed by atoms with Gasteiger partial charge in [-0.1, -0.05) is 6.42 Å². The van der Waals surface area contributed by atoms with Crippen LogP contribution in [0.25, 0.3) is 0 Å². The minimum absolute atomic E-state index is 0.596. The largest absolute Gasteiger partial charge is 0.306 e. The van der Waals surface area contributed by atoms with Gasteiger partial charge in [0, 0.05) is 24.7 Å². The Morgan fingerprint density at radius 1 is 1.26 bits per heavy atom. The number of aromatic nitrogens is 4. The van der Waals surface area contributed by atoms with Crippen molar-refractivity contribution in [3.05, 3.63) is 29.7 Å². The molecule has 1 aliphatic heterocycles. The molecule has 6 heteroatoms. The predicted octanol–water partition coefficient (Wildman–Crippen LogP) is 2.36. The highest BCUT2D eigenvalue weighted by molar-refractivity contribution is 7.99. The van der Waals surface area contributed by atoms with Crippen LogP contribution in [0.5, 0.6) is 0 Å². The SMILES string of the molecule is O=Cc1cccnc1Sc1nnc2n1CCCCC2. The highest BCUT2D eigenvalue weighted by atomic mass is 32.2. The number of hydrogen-bond acceptors (Lipinski definition) is 5. The highest BCUT2D eigenvalue weighted by Gasteiger charge is 2.17. The lowest BCUT2D eigenvalue weighted by Gasteiger charge is -2.06. The van der Waals surface area contributed by atoms with Gasteiger partial charge in [0.15, 0.2) is 11.4 Å². The number of carbonyl (C=O) groups is 1. The minimum Gasteiger partial charge on any atom is -0.306 e. The van der Waals surface area contributed by atoms with Gasteiger partial charge in [-0.3, -0.25) is 4.79 Å². The zero-order chi connectivity index (χ0) is 13.1. The standard InChI is InChI=1S/C13H14N4OS/c18-9-10-5-4-7-14-12(10)19-13-16-15-11-6-2-1-3-8-17(11)13/h4-5,7,9H,1-3,6,8H2. The van der Waals surface area contributed by atoms with E-state index in [1.807, 2.05) is 0 Å². The molecule has 2 aromatic rings. The fourth-order valence-electron chi connectivity index (χ4n) is 2.20. The summed E-state index contributed by atoms with van der Waals surface area (Å²) >= 11 is 1.42. The van der Waals surface area contributed by atoms with Crippen molar-refractivity contribution in [2.45, 2.75) is 42.4 Å². The van der Waals surface area contributed by atoms with Gasteiger partial charge in [0.2, 0.25) is 0 Å². The first-order chi connectivity index (χ1) is 9.38. The van der Waals surface area contributed by atoms with Crippen molar-refractivity contribution in [3.63, 3.8) is 0 Å². The molecule has 0 amide bonds. The van der Waals surface area contributed by atoms with Gasteiger partial charge in [-0.25, -0.2) is 4.98 Å². The maximum Gasteiger partial charge on any atom is 0.197 e. The summed E-state index contributed by atoms with van der Waals surface area (Å²) in [5.74, 6) is 1.04. The molecule has 0 aromatic carbocycles. The first-order valence-electron chi connectivity index (χ1n) is 6.38. The van der Waals surface area contributed by atoms with Crippen LogP contribution in [0.4, 0.5) is 0 Å². The lowest BCUT2D eigenvalue weighted by molar-refractivity contribution is 0.112. The maximum atomic E-state index is 11.0. The van der Waals surface area contributed by atoms with E-state index >= 15 is 0 Å². The fraction of sp³-hybridized carbons (Fsp3) is 0.385. The van der Waals surface area contributed by atoms with Crippen molar-refractivity contribution in [3.8, 4) is 0 Å². The average molecular weight is 274 g/mol. The van der Waals surface area contributed by atoms with E-state index in [1.54, 1.807) is 18.3 Å². The van der Waals surface area contributed by atoms with Crippen molar-refractivity contribution in [1.82, 2.24) is 19.7 Å². The van der Waals surface area contributed by atoms with E-state index in [-0.39, 0.29) is 0 Å². The van der Waals surface area contributed by atoms with Crippen LogP contribution < -0.4 is 0 Å². The predicted molar refractivity (Wildman–Crippen MR) is 71.3 cm³/mol. The zero-order valence-corrected chi connectivity index (χ0v) is 11.3. The van der Waals surface area contributed by atoms with Gasteiger partial charge in [-0.15, -0.1) is 10.2 Å². The first-order valence-corrected chi connectivity index (χ1v) is 7.20. The van der Waals surface area contributed by atoms with Crippen LogP contribution in [0.15, 0.2) is 28.5 Å². The van der Waals surface area contributed by atoms with Crippen LogP contribution in [0.3, 0.4) is 0 Å². The lowest BCUT2D eigenvalue weighted by atomic mass is 10.2. The minimum atomic E-state index is 0.596. The van der Waals surface area contributed by atoms with Crippen LogP contribution >= 0.6 is 11.8 Å². The van der Waals surface area contributed by atoms with E-state index in [0.717, 1.165) is 36.7 Å². The molecule has 0 spiro atoms. The van der Waals surface area contributed by atoms with Crippen LogP contribution in [0.1, 0.15) is 35.4 Å². The van der Waals surface area contributed by atoms with Crippen molar-refractivity contribution >= 4 is 18.0 Å². The Kier molecular flexibility index (Phi) is 3.59. The summed E-state index contributed by atoms with van der Waals surface area (Å²) in [5.41, 5.74) is 0.596. The van der Waals surface area contributed by atoms with E-state index in [4.69, 9.17) is 0 Å². The summed E-state index contributed by atoms with van der Waals surface area (Å²) in [7, 11) is 0. The van der Waals surface area contributed by atoms with Gasteiger partial charge in [-0.05, 0) is 36.7 Å². The number of aryl methyl sites for hydroxylation is 1. The number of aldehydes is 1. The van der Waals surface area contributed by atoms with E-state index < -0.39 is 0 Å². The molecule has 1 aliphatic rings. The third-order valence-electron chi connectivity index (χ3n) is 3.19. The zero-order valence-electron chi connectivity index (χ0n) is 10.5. The first kappa shape index (κ1) is 12.3. The van der Waals surface area contributed by atoms with E-state index in [2.05, 4.69) is 19.7 Å². The van der Waals surface area contributed by atoms with Gasteiger partial charge in [0.05, 0.1) is 0 Å². The van der Waals surface area contributed by atoms with E-state index in [9.17, 15) is 4.79 Å². The van der Waals surface area contributed by atoms with Gasteiger partial charge in [-0.2, -0.15) is 0 Å². The summed E-state index contributed by atoms with van der Waals surface area (Å²) < 4.78 is 2.15. The average Bonchev–Trinajstić information content (AvgIpc) is 2.68. The van der Waals surface area contributed by atoms with Gasteiger partial charge < -0.3 is 4.57 Å². The molecule has 3 rings (SSSR count).